The Bertz CT molecular complexity index is 1750. The largest absolute Gasteiger partial charge is 0.294 e. The molecule has 0 N–H and O–H groups in total. The molecule has 0 aromatic rings. The molecule has 0 bridgehead atoms. The van der Waals surface area contributed by atoms with Crippen LogP contribution in [0, 0.1) is 67.0 Å². The number of nitrogens with zero attached hydrogens (tertiary/aromatic N) is 5. The van der Waals surface area contributed by atoms with E-state index in [4.69, 9.17) is 0 Å². The van der Waals surface area contributed by atoms with Gasteiger partial charge < -0.3 is 0 Å². The first kappa shape index (κ1) is 64.6. The third-order valence-electron chi connectivity index (χ3n) is 20.8. The van der Waals surface area contributed by atoms with Crippen LogP contribution < -0.4 is 0 Å². The molecule has 0 aromatic heterocycles. The number of hydrogen-bond acceptors (Lipinski definition) is 5. The molecule has 0 radical (unpaired) electrons. The number of rotatable bonds is 0. The summed E-state index contributed by atoms with van der Waals surface area (Å²) in [5.74, 6) is 3.95. The first-order chi connectivity index (χ1) is 32.6. The fourth-order valence-electron chi connectivity index (χ4n) is 17.1. The van der Waals surface area contributed by atoms with Crippen LogP contribution in [-0.2, 0) is 0 Å². The Morgan fingerprint density at radius 3 is 0.946 bits per heavy atom. The molecule has 5 saturated carbocycles. The van der Waals surface area contributed by atoms with Crippen molar-refractivity contribution in [2.45, 2.75) is 357 Å². The van der Waals surface area contributed by atoms with Gasteiger partial charge in [-0.15, -0.1) is 0 Å². The van der Waals surface area contributed by atoms with E-state index in [9.17, 15) is 0 Å². The second kappa shape index (κ2) is 20.1. The average molecular weight is 1030 g/mol. The number of hydrogen-bond donors (Lipinski definition) is 0. The number of fused-ring (bicyclic) bond motifs is 5. The Labute approximate surface area is 465 Å². The summed E-state index contributed by atoms with van der Waals surface area (Å²) in [4.78, 5) is 13.8. The van der Waals surface area contributed by atoms with Crippen molar-refractivity contribution in [1.82, 2.24) is 24.5 Å². The summed E-state index contributed by atoms with van der Waals surface area (Å²) < 4.78 is 0. The Morgan fingerprint density at radius 1 is 0.378 bits per heavy atom. The maximum Gasteiger partial charge on any atom is 0.0183 e. The summed E-state index contributed by atoms with van der Waals surface area (Å²) in [5.41, 5.74) is 6.04. The lowest BCUT2D eigenvalue weighted by atomic mass is 9.81. The minimum Gasteiger partial charge on any atom is -0.294 e. The van der Waals surface area contributed by atoms with Crippen LogP contribution in [0.15, 0.2) is 0 Å². The number of piperidine rings is 5. The van der Waals surface area contributed by atoms with Gasteiger partial charge in [0.15, 0.2) is 0 Å². The lowest BCUT2D eigenvalue weighted by molar-refractivity contribution is 0.0354. The fraction of sp³-hybridized carbons (Fsp3) is 1.00. The first-order valence-electron chi connectivity index (χ1n) is 31.5. The zero-order chi connectivity index (χ0) is 57.5. The molecular formula is C69H135N5. The van der Waals surface area contributed by atoms with Gasteiger partial charge in [0, 0.05) is 89.6 Å². The van der Waals surface area contributed by atoms with Gasteiger partial charge in [-0.05, 0) is 223 Å². The van der Waals surface area contributed by atoms with Crippen molar-refractivity contribution in [3.05, 3.63) is 0 Å². The molecule has 10 fully saturated rings. The summed E-state index contributed by atoms with van der Waals surface area (Å²) in [6, 6.07) is 5.70. The van der Waals surface area contributed by atoms with E-state index in [0.717, 1.165) is 66.0 Å². The van der Waals surface area contributed by atoms with Gasteiger partial charge >= 0.3 is 0 Å². The minimum absolute atomic E-state index is 0.328. The topological polar surface area (TPSA) is 16.2 Å². The van der Waals surface area contributed by atoms with Crippen molar-refractivity contribution < 1.29 is 0 Å². The fourth-order valence-corrected chi connectivity index (χ4v) is 17.1. The first-order valence-corrected chi connectivity index (χ1v) is 31.5. The minimum atomic E-state index is 0.328. The highest BCUT2D eigenvalue weighted by Gasteiger charge is 2.68. The molecule has 5 heterocycles. The van der Waals surface area contributed by atoms with E-state index in [1.165, 1.54) is 71.0 Å². The Morgan fingerprint density at radius 2 is 0.716 bits per heavy atom. The van der Waals surface area contributed by atoms with Gasteiger partial charge in [0.25, 0.3) is 0 Å². The van der Waals surface area contributed by atoms with E-state index in [-0.39, 0.29) is 0 Å². The van der Waals surface area contributed by atoms with E-state index < -0.39 is 0 Å². The Kier molecular flexibility index (Phi) is 17.5. The van der Waals surface area contributed by atoms with Crippen molar-refractivity contribution in [2.24, 2.45) is 67.0 Å². The molecule has 5 aliphatic carbocycles. The summed E-state index contributed by atoms with van der Waals surface area (Å²) in [5, 5.41) is 0. The summed E-state index contributed by atoms with van der Waals surface area (Å²) >= 11 is 0. The molecular weight excluding hydrogens is 899 g/mol. The normalized spacial score (nSPS) is 40.7. The van der Waals surface area contributed by atoms with Gasteiger partial charge in [-0.25, -0.2) is 0 Å². The summed E-state index contributed by atoms with van der Waals surface area (Å²) in [7, 11) is 0. The smallest absolute Gasteiger partial charge is 0.0183 e. The van der Waals surface area contributed by atoms with Gasteiger partial charge in [-0.3, -0.25) is 24.5 Å². The van der Waals surface area contributed by atoms with Crippen LogP contribution in [0.1, 0.15) is 287 Å². The Balaban J connectivity index is 0.000000169. The van der Waals surface area contributed by atoms with Gasteiger partial charge in [0.2, 0.25) is 0 Å². The van der Waals surface area contributed by atoms with Gasteiger partial charge in [0.05, 0.1) is 0 Å². The quantitative estimate of drug-likeness (QED) is 0.240. The molecule has 0 aromatic carbocycles. The molecule has 10 aliphatic rings. The summed E-state index contributed by atoms with van der Waals surface area (Å²) in [6.45, 7) is 84.6. The van der Waals surface area contributed by atoms with Gasteiger partial charge in [-0.1, -0.05) is 131 Å². The van der Waals surface area contributed by atoms with E-state index in [1.54, 1.807) is 0 Å². The third-order valence-corrected chi connectivity index (χ3v) is 20.8. The molecule has 0 amide bonds. The predicted octanol–water partition coefficient (Wildman–Crippen LogP) is 18.0. The zero-order valence-corrected chi connectivity index (χ0v) is 56.9. The molecule has 15 atom stereocenters. The molecule has 5 nitrogen and oxygen atoms in total. The molecule has 5 heteroatoms. The second-order valence-corrected chi connectivity index (χ2v) is 38.2. The molecule has 8 unspecified atom stereocenters. The molecule has 436 valence electrons. The maximum absolute atomic E-state index is 2.80. The molecule has 5 saturated heterocycles. The van der Waals surface area contributed by atoms with Crippen molar-refractivity contribution >= 4 is 0 Å². The van der Waals surface area contributed by atoms with Crippen molar-refractivity contribution in [1.29, 1.82) is 0 Å². The van der Waals surface area contributed by atoms with Crippen LogP contribution in [0.5, 0.6) is 0 Å². The van der Waals surface area contributed by atoms with E-state index in [1.807, 2.05) is 0 Å². The molecule has 0 spiro atoms. The highest BCUT2D eigenvalue weighted by Crippen LogP contribution is 2.67. The van der Waals surface area contributed by atoms with Crippen LogP contribution in [0.3, 0.4) is 0 Å². The highest BCUT2D eigenvalue weighted by molar-refractivity contribution is 5.21. The lowest BCUT2D eigenvalue weighted by Crippen LogP contribution is -2.51. The summed E-state index contributed by atoms with van der Waals surface area (Å²) in [6.07, 6.45) is 11.3. The maximum atomic E-state index is 2.80. The van der Waals surface area contributed by atoms with Crippen LogP contribution in [0.4, 0.5) is 0 Å². The highest BCUT2D eigenvalue weighted by atomic mass is 15.3. The zero-order valence-electron chi connectivity index (χ0n) is 56.9. The third kappa shape index (κ3) is 14.1. The Hall–Kier alpha value is -0.200. The molecule has 74 heavy (non-hydrogen) atoms. The van der Waals surface area contributed by atoms with Crippen LogP contribution >= 0.6 is 0 Å². The predicted molar refractivity (Wildman–Crippen MR) is 327 cm³/mol. The second-order valence-electron chi connectivity index (χ2n) is 38.2. The van der Waals surface area contributed by atoms with Crippen LogP contribution in [0.25, 0.3) is 0 Å². The monoisotopic (exact) mass is 1030 g/mol. The van der Waals surface area contributed by atoms with Crippen LogP contribution in [-0.4, -0.2) is 114 Å². The van der Waals surface area contributed by atoms with Crippen molar-refractivity contribution in [2.75, 3.05) is 19.6 Å². The van der Waals surface area contributed by atoms with Gasteiger partial charge in [-0.2, -0.15) is 0 Å². The number of likely N-dealkylation sites (tertiary alicyclic amines) is 5. The van der Waals surface area contributed by atoms with E-state index in [0.29, 0.717) is 71.0 Å². The lowest BCUT2D eigenvalue weighted by Gasteiger charge is -2.45. The van der Waals surface area contributed by atoms with Gasteiger partial charge in [0.1, 0.15) is 0 Å². The SMILES string of the molecule is CC(C)(C)C1C2CC2(C)CN1C(C)(C)C.CC(C)(C)C1CC2(C)CC2N1C(C)(C)C.CC(C)(C)C1[C@@H]2C[C@@H]2CN1C(C)(C)C.CC(C)(C)C1[C@@H]2C[C@]2(C)CN1C(C)(C)C.CCC.C[C@@H]1C[C@@]2(C)C[C@H]2N1C(C)(C)C. The van der Waals surface area contributed by atoms with Crippen LogP contribution in [0.2, 0.25) is 0 Å². The van der Waals surface area contributed by atoms with E-state index in [2.05, 4.69) is 260 Å². The van der Waals surface area contributed by atoms with E-state index >= 15 is 0 Å². The average Bonchev–Trinajstić information content (AvgIpc) is 4.14. The van der Waals surface area contributed by atoms with Crippen molar-refractivity contribution in [3.8, 4) is 0 Å². The van der Waals surface area contributed by atoms with Crippen molar-refractivity contribution in [3.63, 3.8) is 0 Å². The standard InChI is InChI=1S/3C14H27N.C13H25N.C11H21N.C3H8/c2*1-12(2,3)11-10-8-14(10,7)9-15(11)13(4,5)6;1-12(2,3)10-8-14(7)9-11(14)15(10)13(4,5)6;1-12(2,3)11-10-7-9(10)8-14(11)13(4,5)6;1-8-6-11(5)7-9(11)12(8)10(2,3)4;1-3-2/h3*10-11H,8-9H2,1-7H3;9-11H,7-8H2,1-6H3;8-9H,6-7H2,1-5H3;3H2,1-2H3/t10-,11?,14+;;;9-,10-,11?;8-,9-,11+;/m0..11./s1. The molecule has 10 rings (SSSR count). The molecule has 5 aliphatic heterocycles.